The standard InChI is InChI=1S/C31H41N5O7/c1-5-41-30(40)43-36-18-16-35(17-19-36)29(39)23(12-9-13-26(37)42-31(2,3)4)34-28(38)25-20-24(21-14-15-21)32-27(33-25)22-10-7-6-8-11-22/h6-8,10-11,20-21,23H,5,9,12-19H2,1-4H3,(H,34,38)/t23-/m0/s1. The van der Waals surface area contributed by atoms with Gasteiger partial charge in [0, 0.05) is 36.7 Å². The number of ether oxygens (including phenoxy) is 2. The third-order valence-corrected chi connectivity index (χ3v) is 6.92. The van der Waals surface area contributed by atoms with E-state index in [1.54, 1.807) is 38.7 Å². The molecule has 1 saturated heterocycles. The number of hydrogen-bond acceptors (Lipinski definition) is 10. The number of nitrogens with one attached hydrogen (secondary N) is 1. The fourth-order valence-electron chi connectivity index (χ4n) is 4.69. The van der Waals surface area contributed by atoms with Crippen molar-refractivity contribution in [3.63, 3.8) is 0 Å². The Morgan fingerprint density at radius 3 is 2.35 bits per heavy atom. The van der Waals surface area contributed by atoms with Crippen molar-refractivity contribution in [3.8, 4) is 11.4 Å². The number of rotatable bonds is 11. The number of hydrogen-bond donors (Lipinski definition) is 1. The van der Waals surface area contributed by atoms with E-state index in [0.29, 0.717) is 25.3 Å². The second-order valence-corrected chi connectivity index (χ2v) is 11.7. The van der Waals surface area contributed by atoms with Crippen molar-refractivity contribution < 1.29 is 33.5 Å². The van der Waals surface area contributed by atoms with Gasteiger partial charge in [-0.15, -0.1) is 5.06 Å². The molecule has 1 saturated carbocycles. The zero-order chi connectivity index (χ0) is 31.0. The summed E-state index contributed by atoms with van der Waals surface area (Å²) in [5, 5.41) is 4.33. The average molecular weight is 596 g/mol. The van der Waals surface area contributed by atoms with E-state index in [-0.39, 0.29) is 56.0 Å². The number of nitrogens with zero attached hydrogens (tertiary/aromatic N) is 4. The van der Waals surface area contributed by atoms with Gasteiger partial charge in [0.05, 0.1) is 19.7 Å². The van der Waals surface area contributed by atoms with Gasteiger partial charge in [-0.25, -0.2) is 14.8 Å². The number of carbonyl (C=O) groups excluding carboxylic acids is 4. The lowest BCUT2D eigenvalue weighted by Gasteiger charge is -2.35. The van der Waals surface area contributed by atoms with E-state index in [0.717, 1.165) is 24.1 Å². The highest BCUT2D eigenvalue weighted by atomic mass is 16.8. The van der Waals surface area contributed by atoms with Crippen LogP contribution in [-0.2, 0) is 23.9 Å². The number of piperazine rings is 1. The normalized spacial score (nSPS) is 16.2. The van der Waals surface area contributed by atoms with Crippen LogP contribution in [0.4, 0.5) is 4.79 Å². The molecule has 2 aliphatic rings. The van der Waals surface area contributed by atoms with Crippen LogP contribution in [-0.4, -0.2) is 88.3 Å². The van der Waals surface area contributed by atoms with Gasteiger partial charge >= 0.3 is 12.1 Å². The summed E-state index contributed by atoms with van der Waals surface area (Å²) < 4.78 is 10.2. The first kappa shape index (κ1) is 31.9. The van der Waals surface area contributed by atoms with Gasteiger partial charge in [0.2, 0.25) is 5.91 Å². The lowest BCUT2D eigenvalue weighted by Crippen LogP contribution is -2.55. The van der Waals surface area contributed by atoms with Crippen molar-refractivity contribution in [3.05, 3.63) is 47.8 Å². The third kappa shape index (κ3) is 9.74. The maximum Gasteiger partial charge on any atom is 0.527 e. The highest BCUT2D eigenvalue weighted by Crippen LogP contribution is 2.39. The Kier molecular flexibility index (Phi) is 10.7. The molecule has 4 rings (SSSR count). The maximum atomic E-state index is 13.7. The molecular formula is C31H41N5O7. The molecule has 1 aromatic heterocycles. The Bertz CT molecular complexity index is 1290. The first-order valence-electron chi connectivity index (χ1n) is 14.9. The molecule has 2 aromatic rings. The molecule has 12 heteroatoms. The molecule has 0 bridgehead atoms. The van der Waals surface area contributed by atoms with Gasteiger partial charge in [0.25, 0.3) is 5.91 Å². The van der Waals surface area contributed by atoms with Crippen LogP contribution < -0.4 is 5.32 Å². The van der Waals surface area contributed by atoms with Crippen molar-refractivity contribution in [2.24, 2.45) is 0 Å². The molecular weight excluding hydrogens is 554 g/mol. The smallest absolute Gasteiger partial charge is 0.460 e. The molecule has 2 heterocycles. The molecule has 12 nitrogen and oxygen atoms in total. The van der Waals surface area contributed by atoms with E-state index in [1.165, 1.54) is 5.06 Å². The summed E-state index contributed by atoms with van der Waals surface area (Å²) in [5.41, 5.74) is 1.18. The second kappa shape index (κ2) is 14.4. The average Bonchev–Trinajstić information content (AvgIpc) is 3.82. The molecule has 0 spiro atoms. The predicted octanol–water partition coefficient (Wildman–Crippen LogP) is 3.86. The molecule has 0 unspecified atom stereocenters. The van der Waals surface area contributed by atoms with Crippen molar-refractivity contribution in [1.29, 1.82) is 0 Å². The molecule has 2 amide bonds. The summed E-state index contributed by atoms with van der Waals surface area (Å²) in [6, 6.07) is 10.3. The third-order valence-electron chi connectivity index (χ3n) is 6.92. The molecule has 43 heavy (non-hydrogen) atoms. The Morgan fingerprint density at radius 2 is 1.72 bits per heavy atom. The zero-order valence-corrected chi connectivity index (χ0v) is 25.3. The van der Waals surface area contributed by atoms with E-state index in [9.17, 15) is 19.2 Å². The summed E-state index contributed by atoms with van der Waals surface area (Å²) in [6.45, 7) is 8.43. The van der Waals surface area contributed by atoms with Crippen LogP contribution in [0.2, 0.25) is 0 Å². The van der Waals surface area contributed by atoms with E-state index >= 15 is 0 Å². The monoisotopic (exact) mass is 595 g/mol. The van der Waals surface area contributed by atoms with Crippen molar-refractivity contribution in [2.45, 2.75) is 77.4 Å². The summed E-state index contributed by atoms with van der Waals surface area (Å²) >= 11 is 0. The Labute approximate surface area is 252 Å². The van der Waals surface area contributed by atoms with Crippen molar-refractivity contribution in [1.82, 2.24) is 25.2 Å². The van der Waals surface area contributed by atoms with Gasteiger partial charge in [-0.2, -0.15) is 0 Å². The van der Waals surface area contributed by atoms with Crippen LogP contribution in [0.1, 0.15) is 81.9 Å². The highest BCUT2D eigenvalue weighted by molar-refractivity contribution is 5.96. The molecule has 232 valence electrons. The highest BCUT2D eigenvalue weighted by Gasteiger charge is 2.32. The van der Waals surface area contributed by atoms with Crippen LogP contribution in [0.5, 0.6) is 0 Å². The Balaban J connectivity index is 1.47. The molecule has 1 aliphatic carbocycles. The second-order valence-electron chi connectivity index (χ2n) is 11.7. The van der Waals surface area contributed by atoms with E-state index in [2.05, 4.69) is 10.3 Å². The summed E-state index contributed by atoms with van der Waals surface area (Å²) in [5.74, 6) is -0.390. The molecule has 2 fully saturated rings. The molecule has 0 radical (unpaired) electrons. The minimum atomic E-state index is -0.896. The molecule has 1 aliphatic heterocycles. The largest absolute Gasteiger partial charge is 0.527 e. The number of carbonyl (C=O) groups is 4. The topological polar surface area (TPSA) is 140 Å². The van der Waals surface area contributed by atoms with Gasteiger partial charge in [-0.05, 0) is 59.4 Å². The summed E-state index contributed by atoms with van der Waals surface area (Å²) in [6.07, 6.45) is 1.89. The quantitative estimate of drug-likeness (QED) is 0.381. The predicted molar refractivity (Wildman–Crippen MR) is 157 cm³/mol. The number of hydroxylamine groups is 2. The number of benzene rings is 1. The fourth-order valence-corrected chi connectivity index (χ4v) is 4.69. The first-order chi connectivity index (χ1) is 20.5. The lowest BCUT2D eigenvalue weighted by atomic mass is 10.1. The van der Waals surface area contributed by atoms with Crippen molar-refractivity contribution in [2.75, 3.05) is 32.8 Å². The first-order valence-corrected chi connectivity index (χ1v) is 14.9. The number of amides is 2. The zero-order valence-electron chi connectivity index (χ0n) is 25.3. The van der Waals surface area contributed by atoms with E-state index in [1.807, 2.05) is 30.3 Å². The Hall–Kier alpha value is -4.06. The van der Waals surface area contributed by atoms with Crippen LogP contribution in [0.15, 0.2) is 36.4 Å². The van der Waals surface area contributed by atoms with Gasteiger partial charge in [-0.1, -0.05) is 30.3 Å². The Morgan fingerprint density at radius 1 is 1.02 bits per heavy atom. The van der Waals surface area contributed by atoms with Gasteiger partial charge < -0.3 is 24.5 Å². The SMILES string of the molecule is CCOC(=O)ON1CCN(C(=O)[C@H](CCCC(=O)OC(C)(C)C)NC(=O)c2cc(C3CC3)nc(-c3ccccc3)n2)CC1. The summed E-state index contributed by atoms with van der Waals surface area (Å²) in [7, 11) is 0. The number of esters is 1. The molecule has 1 atom stereocenters. The van der Waals surface area contributed by atoms with Gasteiger partial charge in [0.15, 0.2) is 5.82 Å². The number of aromatic nitrogens is 2. The van der Waals surface area contributed by atoms with Crippen LogP contribution in [0, 0.1) is 0 Å². The minimum Gasteiger partial charge on any atom is -0.460 e. The van der Waals surface area contributed by atoms with E-state index in [4.69, 9.17) is 19.3 Å². The van der Waals surface area contributed by atoms with E-state index < -0.39 is 23.7 Å². The van der Waals surface area contributed by atoms with Crippen molar-refractivity contribution >= 4 is 23.9 Å². The summed E-state index contributed by atoms with van der Waals surface area (Å²) in [4.78, 5) is 67.3. The van der Waals surface area contributed by atoms with Crippen LogP contribution in [0.3, 0.4) is 0 Å². The fraction of sp³-hybridized carbons (Fsp3) is 0.548. The maximum absolute atomic E-state index is 13.7. The molecule has 1 N–H and O–H groups in total. The molecule has 1 aromatic carbocycles. The minimum absolute atomic E-state index is 0.107. The van der Waals surface area contributed by atoms with Crippen LogP contribution >= 0.6 is 0 Å². The van der Waals surface area contributed by atoms with Gasteiger partial charge in [-0.3, -0.25) is 14.4 Å². The lowest BCUT2D eigenvalue weighted by molar-refractivity contribution is -0.158. The van der Waals surface area contributed by atoms with Crippen LogP contribution in [0.25, 0.3) is 11.4 Å². The van der Waals surface area contributed by atoms with Gasteiger partial charge in [0.1, 0.15) is 17.3 Å².